The van der Waals surface area contributed by atoms with Crippen LogP contribution in [0, 0.1) is 6.92 Å². The Morgan fingerprint density at radius 3 is 2.28 bits per heavy atom. The summed E-state index contributed by atoms with van der Waals surface area (Å²) in [6, 6.07) is 24.5. The average Bonchev–Trinajstić information content (AvgIpc) is 3.14. The molecule has 36 heavy (non-hydrogen) atoms. The van der Waals surface area contributed by atoms with Gasteiger partial charge in [-0.2, -0.15) is 5.10 Å². The molecule has 0 fully saturated rings. The van der Waals surface area contributed by atoms with Crippen LogP contribution < -0.4 is 15.6 Å². The molecule has 0 unspecified atom stereocenters. The Bertz CT molecular complexity index is 1450. The molecule has 0 bridgehead atoms. The molecule has 0 saturated carbocycles. The first-order chi connectivity index (χ1) is 17.3. The minimum Gasteiger partial charge on any atom is -0.378 e. The lowest BCUT2D eigenvalue weighted by Crippen LogP contribution is -2.32. The highest BCUT2D eigenvalue weighted by Crippen LogP contribution is 2.23. The summed E-state index contributed by atoms with van der Waals surface area (Å²) in [6.45, 7) is 2.01. The van der Waals surface area contributed by atoms with E-state index in [-0.39, 0.29) is 11.6 Å². The maximum atomic E-state index is 13.1. The van der Waals surface area contributed by atoms with E-state index in [1.54, 1.807) is 36.6 Å². The lowest BCUT2D eigenvalue weighted by Gasteiger charge is -2.12. The van der Waals surface area contributed by atoms with Crippen LogP contribution in [0.4, 0.5) is 5.69 Å². The first-order valence-electron chi connectivity index (χ1n) is 11.6. The van der Waals surface area contributed by atoms with Crippen LogP contribution >= 0.6 is 0 Å². The molecule has 182 valence electrons. The second kappa shape index (κ2) is 10.7. The number of nitrogens with one attached hydrogen (secondary N) is 2. The number of nitrogens with zero attached hydrogens (tertiary/aromatic N) is 3. The van der Waals surface area contributed by atoms with Gasteiger partial charge in [-0.05, 0) is 48.9 Å². The highest BCUT2D eigenvalue weighted by molar-refractivity contribution is 6.06. The van der Waals surface area contributed by atoms with Crippen molar-refractivity contribution < 1.29 is 9.59 Å². The van der Waals surface area contributed by atoms with Gasteiger partial charge in [0.15, 0.2) is 0 Å². The van der Waals surface area contributed by atoms with Crippen LogP contribution in [-0.4, -0.2) is 36.7 Å². The second-order valence-corrected chi connectivity index (χ2v) is 8.64. The van der Waals surface area contributed by atoms with Gasteiger partial charge in [0, 0.05) is 54.6 Å². The third-order valence-electron chi connectivity index (χ3n) is 6.06. The van der Waals surface area contributed by atoms with Crippen LogP contribution in [0.15, 0.2) is 89.7 Å². The summed E-state index contributed by atoms with van der Waals surface area (Å²) in [4.78, 5) is 27.9. The molecule has 0 radical (unpaired) electrons. The highest BCUT2D eigenvalue weighted by Gasteiger charge is 2.15. The number of carbonyl (C=O) groups is 2. The molecular formula is C29H29N5O2. The Balaban J connectivity index is 1.59. The van der Waals surface area contributed by atoms with Gasteiger partial charge >= 0.3 is 0 Å². The van der Waals surface area contributed by atoms with E-state index in [0.717, 1.165) is 33.4 Å². The van der Waals surface area contributed by atoms with Crippen LogP contribution in [0.3, 0.4) is 0 Å². The number of amides is 2. The first-order valence-corrected chi connectivity index (χ1v) is 11.6. The largest absolute Gasteiger partial charge is 0.378 e. The molecule has 7 nitrogen and oxygen atoms in total. The molecule has 4 rings (SSSR count). The standard InChI is InChI=1S/C29H29N5O2/c1-20-25(24-12-8-9-13-27(24)34(20)4)19-30-32-29(36)26(31-28(35)22-10-6-5-7-11-22)18-21-14-16-23(17-15-21)33(2)3/h5-19H,1-4H3,(H,31,35)(H,32,36)/b26-18-,30-19+. The van der Waals surface area contributed by atoms with Crippen molar-refractivity contribution in [3.63, 3.8) is 0 Å². The zero-order valence-electron chi connectivity index (χ0n) is 20.8. The van der Waals surface area contributed by atoms with E-state index in [4.69, 9.17) is 0 Å². The second-order valence-electron chi connectivity index (χ2n) is 8.64. The Hall–Kier alpha value is -4.65. The molecule has 3 aromatic carbocycles. The van der Waals surface area contributed by atoms with Crippen LogP contribution in [0.1, 0.15) is 27.2 Å². The van der Waals surface area contributed by atoms with Gasteiger partial charge in [-0.25, -0.2) is 5.43 Å². The topological polar surface area (TPSA) is 78.7 Å². The van der Waals surface area contributed by atoms with Crippen molar-refractivity contribution in [1.82, 2.24) is 15.3 Å². The SMILES string of the molecule is Cc1c(/C=N/NC(=O)/C(=C/c2ccc(N(C)C)cc2)NC(=O)c2ccccc2)c2ccccc2n1C. The summed E-state index contributed by atoms with van der Waals surface area (Å²) in [5.74, 6) is -0.902. The number of benzene rings is 3. The van der Waals surface area contributed by atoms with E-state index < -0.39 is 5.91 Å². The van der Waals surface area contributed by atoms with E-state index in [1.165, 1.54) is 0 Å². The summed E-state index contributed by atoms with van der Waals surface area (Å²) in [6.07, 6.45) is 3.27. The number of fused-ring (bicyclic) bond motifs is 1. The van der Waals surface area contributed by atoms with Crippen molar-refractivity contribution >= 4 is 40.7 Å². The van der Waals surface area contributed by atoms with E-state index >= 15 is 0 Å². The monoisotopic (exact) mass is 479 g/mol. The molecular weight excluding hydrogens is 450 g/mol. The third-order valence-corrected chi connectivity index (χ3v) is 6.06. The minimum absolute atomic E-state index is 0.0910. The van der Waals surface area contributed by atoms with Gasteiger partial charge in [-0.15, -0.1) is 0 Å². The predicted octanol–water partition coefficient (Wildman–Crippen LogP) is 4.47. The molecule has 0 atom stereocenters. The zero-order valence-corrected chi connectivity index (χ0v) is 20.8. The Morgan fingerprint density at radius 1 is 0.917 bits per heavy atom. The van der Waals surface area contributed by atoms with Crippen molar-refractivity contribution in [2.75, 3.05) is 19.0 Å². The number of hydrogen-bond acceptors (Lipinski definition) is 4. The number of hydrazone groups is 1. The highest BCUT2D eigenvalue weighted by atomic mass is 16.2. The lowest BCUT2D eigenvalue weighted by atomic mass is 10.1. The fraction of sp³-hybridized carbons (Fsp3) is 0.138. The van der Waals surface area contributed by atoms with Crippen LogP contribution in [0.5, 0.6) is 0 Å². The summed E-state index contributed by atoms with van der Waals surface area (Å²) >= 11 is 0. The number of rotatable bonds is 7. The van der Waals surface area contributed by atoms with Gasteiger partial charge in [-0.1, -0.05) is 48.5 Å². The van der Waals surface area contributed by atoms with E-state index in [9.17, 15) is 9.59 Å². The molecule has 4 aromatic rings. The molecule has 0 aliphatic rings. The molecule has 0 aliphatic carbocycles. The van der Waals surface area contributed by atoms with Crippen LogP contribution in [0.2, 0.25) is 0 Å². The van der Waals surface area contributed by atoms with Gasteiger partial charge in [0.25, 0.3) is 11.8 Å². The number of para-hydroxylation sites is 1. The molecule has 0 saturated heterocycles. The third kappa shape index (κ3) is 5.36. The van der Waals surface area contributed by atoms with Crippen molar-refractivity contribution in [2.45, 2.75) is 6.92 Å². The molecule has 1 aromatic heterocycles. The van der Waals surface area contributed by atoms with Gasteiger partial charge in [0.2, 0.25) is 0 Å². The van der Waals surface area contributed by atoms with Crippen molar-refractivity contribution in [2.24, 2.45) is 12.1 Å². The summed E-state index contributed by atoms with van der Waals surface area (Å²) < 4.78 is 2.08. The number of aryl methyl sites for hydroxylation is 1. The quantitative estimate of drug-likeness (QED) is 0.233. The zero-order chi connectivity index (χ0) is 25.7. The Labute approximate surface area is 210 Å². The van der Waals surface area contributed by atoms with Gasteiger partial charge in [0.1, 0.15) is 5.70 Å². The number of anilines is 1. The molecule has 0 aliphatic heterocycles. The molecule has 7 heteroatoms. The lowest BCUT2D eigenvalue weighted by molar-refractivity contribution is -0.117. The first kappa shape index (κ1) is 24.5. The maximum absolute atomic E-state index is 13.1. The van der Waals surface area contributed by atoms with Crippen molar-refractivity contribution in [3.8, 4) is 0 Å². The maximum Gasteiger partial charge on any atom is 0.287 e. The smallest absolute Gasteiger partial charge is 0.287 e. The van der Waals surface area contributed by atoms with Gasteiger partial charge in [0.05, 0.1) is 6.21 Å². The van der Waals surface area contributed by atoms with Gasteiger partial charge in [-0.3, -0.25) is 9.59 Å². The summed E-state index contributed by atoms with van der Waals surface area (Å²) in [5, 5.41) is 7.99. The van der Waals surface area contributed by atoms with Crippen molar-refractivity contribution in [1.29, 1.82) is 0 Å². The molecule has 1 heterocycles. The number of hydrogen-bond donors (Lipinski definition) is 2. The van der Waals surface area contributed by atoms with E-state index in [1.807, 2.05) is 87.6 Å². The molecule has 2 amide bonds. The normalized spacial score (nSPS) is 11.6. The van der Waals surface area contributed by atoms with Gasteiger partial charge < -0.3 is 14.8 Å². The fourth-order valence-corrected chi connectivity index (χ4v) is 3.91. The van der Waals surface area contributed by atoms with E-state index in [0.29, 0.717) is 5.56 Å². The number of carbonyl (C=O) groups excluding carboxylic acids is 2. The van der Waals surface area contributed by atoms with Crippen molar-refractivity contribution in [3.05, 3.63) is 107 Å². The molecule has 2 N–H and O–H groups in total. The predicted molar refractivity (Wildman–Crippen MR) is 146 cm³/mol. The van der Waals surface area contributed by atoms with E-state index in [2.05, 4.69) is 20.4 Å². The number of aromatic nitrogens is 1. The Kier molecular flexibility index (Phi) is 7.30. The molecule has 0 spiro atoms. The average molecular weight is 480 g/mol. The Morgan fingerprint density at radius 2 is 1.58 bits per heavy atom. The fourth-order valence-electron chi connectivity index (χ4n) is 3.91. The summed E-state index contributed by atoms with van der Waals surface area (Å²) in [5.41, 5.74) is 7.95. The van der Waals surface area contributed by atoms with Crippen LogP contribution in [0.25, 0.3) is 17.0 Å². The minimum atomic E-state index is -0.523. The summed E-state index contributed by atoms with van der Waals surface area (Å²) in [7, 11) is 5.91. The van der Waals surface area contributed by atoms with Crippen LogP contribution in [-0.2, 0) is 11.8 Å².